The Balaban J connectivity index is -0.000000209. The number of nitrogens with two attached hydrogens (primary N) is 5. The van der Waals surface area contributed by atoms with E-state index in [1.165, 1.54) is 11.1 Å². The van der Waals surface area contributed by atoms with Crippen molar-refractivity contribution in [1.82, 2.24) is 0 Å². The summed E-state index contributed by atoms with van der Waals surface area (Å²) in [6, 6.07) is 38.8. The molecule has 0 fully saturated rings. The lowest BCUT2D eigenvalue weighted by atomic mass is 10.2. The van der Waals surface area contributed by atoms with Gasteiger partial charge in [0.25, 0.3) is 0 Å². The molecule has 5 aromatic rings. The molecule has 17 heteroatoms. The number of amides is 1. The molecule has 0 bridgehead atoms. The van der Waals surface area contributed by atoms with Gasteiger partial charge in [0, 0.05) is 23.7 Å². The SMILES string of the molecule is CC.CC.CC.CC.CC.Nc1ccccc1N.Nc1ccccc1N.Nc1ccccc1NC(=O)P.O=C(O)P.O=CP.PC1=Nc2ccccc2C1.PC1=Nc2ccccc2C1. The molecule has 5 unspecified atom stereocenters. The summed E-state index contributed by atoms with van der Waals surface area (Å²) in [6.45, 7) is 20.0. The molecule has 0 spiro atoms. The van der Waals surface area contributed by atoms with E-state index in [0.717, 1.165) is 35.1 Å². The first-order valence-electron chi connectivity index (χ1n) is 20.7. The second kappa shape index (κ2) is 47.7. The zero-order valence-electron chi connectivity index (χ0n) is 39.4. The van der Waals surface area contributed by atoms with E-state index in [-0.39, 0.29) is 5.65 Å². The lowest BCUT2D eigenvalue weighted by Gasteiger charge is -2.03. The fraction of sp³-hybridized carbons (Fsp3) is 0.255. The molecule has 12 nitrogen and oxygen atoms in total. The van der Waals surface area contributed by atoms with E-state index in [2.05, 4.69) is 58.0 Å². The number of anilines is 6. The summed E-state index contributed by atoms with van der Waals surface area (Å²) in [6.07, 6.45) is 2.00. The van der Waals surface area contributed by atoms with Crippen molar-refractivity contribution in [3.05, 3.63) is 132 Å². The molecule has 1 amide bonds. The second-order valence-corrected chi connectivity index (χ2v) is 13.2. The van der Waals surface area contributed by atoms with E-state index in [1.54, 1.807) is 45.6 Å². The van der Waals surface area contributed by atoms with Crippen LogP contribution in [-0.4, -0.2) is 33.4 Å². The van der Waals surface area contributed by atoms with Gasteiger partial charge in [-0.1, -0.05) is 170 Å². The van der Waals surface area contributed by atoms with Crippen LogP contribution in [0.5, 0.6) is 0 Å². The van der Waals surface area contributed by atoms with Crippen LogP contribution in [0.1, 0.15) is 80.4 Å². The van der Waals surface area contributed by atoms with Crippen molar-refractivity contribution in [3.63, 3.8) is 0 Å². The maximum atomic E-state index is 10.6. The molecule has 0 saturated carbocycles. The van der Waals surface area contributed by atoms with Crippen LogP contribution >= 0.6 is 46.2 Å². The summed E-state index contributed by atoms with van der Waals surface area (Å²) in [7, 11) is 10.8. The fourth-order valence-electron chi connectivity index (χ4n) is 4.08. The first kappa shape index (κ1) is 68.3. The third kappa shape index (κ3) is 36.7. The van der Waals surface area contributed by atoms with Gasteiger partial charge in [-0.2, -0.15) is 0 Å². The van der Waals surface area contributed by atoms with Gasteiger partial charge in [-0.25, -0.2) is 4.79 Å². The number of carbonyl (C=O) groups excluding carboxylic acids is 2. The van der Waals surface area contributed by atoms with Crippen LogP contribution in [0, 0.1) is 0 Å². The summed E-state index contributed by atoms with van der Waals surface area (Å²) < 4.78 is 0. The minimum atomic E-state index is -0.917. The predicted octanol–water partition coefficient (Wildman–Crippen LogP) is 13.4. The Morgan fingerprint density at radius 1 is 0.516 bits per heavy atom. The maximum Gasteiger partial charge on any atom is 0.317 e. The Morgan fingerprint density at radius 2 is 0.750 bits per heavy atom. The van der Waals surface area contributed by atoms with Gasteiger partial charge >= 0.3 is 5.71 Å². The standard InChI is InChI=1S/2C8H8NP.C7H9N2OP.2C6H8N2.5C2H6.CH3O2P.CH3OP/c2*10-8-5-6-3-1-2-4-7(6)9-8;8-5-3-1-2-4-6(5)9-7(10)11;2*7-5-3-1-2-4-6(5)8;5*1-2;2-1(3)4;2-1-3/h2*1-4H,5,10H2;1-4H,8,11H2,(H,9,10);2*1-4H,7-8H2;5*1-2H3;4H2,(H,2,3);1H,3H2. The lowest BCUT2D eigenvalue weighted by molar-refractivity contribution is 0.222. The molecule has 7 rings (SSSR count). The third-order valence-corrected chi connectivity index (χ3v) is 7.28. The van der Waals surface area contributed by atoms with Crippen molar-refractivity contribution in [3.8, 4) is 0 Å². The molecule has 2 heterocycles. The van der Waals surface area contributed by atoms with Gasteiger partial charge in [-0.3, -0.25) is 19.6 Å². The van der Waals surface area contributed by atoms with Crippen LogP contribution in [0.15, 0.2) is 131 Å². The number of hydrogen-bond acceptors (Lipinski definition) is 10. The number of aliphatic imine (C=N–C) groups is 2. The van der Waals surface area contributed by atoms with Gasteiger partial charge in [-0.05, 0) is 78.1 Å². The van der Waals surface area contributed by atoms with Crippen molar-refractivity contribution in [1.29, 1.82) is 0 Å². The average molecular weight is 973 g/mol. The zero-order chi connectivity index (χ0) is 50.5. The number of carbonyl (C=O) groups is 3. The number of benzene rings is 5. The van der Waals surface area contributed by atoms with E-state index in [9.17, 15) is 4.79 Å². The molecule has 0 aromatic heterocycles. The van der Waals surface area contributed by atoms with Gasteiger partial charge in [0.05, 0.1) is 45.5 Å². The Bertz CT molecular complexity index is 1870. The summed E-state index contributed by atoms with van der Waals surface area (Å²) in [4.78, 5) is 37.0. The monoisotopic (exact) mass is 972 g/mol. The minimum Gasteiger partial charge on any atom is -0.479 e. The van der Waals surface area contributed by atoms with Crippen molar-refractivity contribution >= 4 is 120 Å². The highest BCUT2D eigenvalue weighted by molar-refractivity contribution is 7.41. The third-order valence-electron chi connectivity index (χ3n) is 6.47. The van der Waals surface area contributed by atoms with E-state index >= 15 is 0 Å². The Labute approximate surface area is 396 Å². The second-order valence-electron chi connectivity index (χ2n) is 10.6. The Hall–Kier alpha value is -4.80. The molecule has 0 saturated heterocycles. The van der Waals surface area contributed by atoms with Crippen LogP contribution in [0.2, 0.25) is 0 Å². The molecule has 0 aliphatic carbocycles. The maximum absolute atomic E-state index is 10.6. The number of hydrogen-bond donors (Lipinski definition) is 7. The number of rotatable bonds is 1. The Kier molecular flexibility index (Phi) is 50.8. The van der Waals surface area contributed by atoms with Crippen molar-refractivity contribution in [2.75, 3.05) is 34.0 Å². The van der Waals surface area contributed by atoms with Crippen LogP contribution in [0.4, 0.5) is 55.1 Å². The minimum absolute atomic E-state index is 0.192. The van der Waals surface area contributed by atoms with E-state index in [4.69, 9.17) is 43.4 Å². The summed E-state index contributed by atoms with van der Waals surface area (Å²) in [5.41, 5.74) is 37.0. The first-order valence-corrected chi connectivity index (χ1v) is 23.7. The smallest absolute Gasteiger partial charge is 0.317 e. The molecule has 64 heavy (non-hydrogen) atoms. The van der Waals surface area contributed by atoms with Gasteiger partial charge < -0.3 is 39.1 Å². The number of carboxylic acid groups (broad SMARTS) is 1. The summed E-state index contributed by atoms with van der Waals surface area (Å²) in [5, 5.41) is 9.95. The number of nitrogens with one attached hydrogen (secondary N) is 1. The van der Waals surface area contributed by atoms with E-state index in [0.29, 0.717) is 40.2 Å². The highest BCUT2D eigenvalue weighted by atomic mass is 31.0. The van der Waals surface area contributed by atoms with Gasteiger partial charge in [-0.15, -0.1) is 0 Å². The largest absolute Gasteiger partial charge is 0.479 e. The van der Waals surface area contributed by atoms with Crippen molar-refractivity contribution in [2.45, 2.75) is 82.1 Å². The normalized spacial score (nSPS) is 9.48. The number of para-hydroxylation sites is 8. The number of fused-ring (bicyclic) bond motifs is 2. The quantitative estimate of drug-likeness (QED) is 0.0480. The molecule has 5 atom stereocenters. The molecular formula is C47H77N8O4P5. The molecule has 0 radical (unpaired) electrons. The molecular weight excluding hydrogens is 895 g/mol. The highest BCUT2D eigenvalue weighted by Crippen LogP contribution is 2.28. The fourth-order valence-corrected chi connectivity index (χ4v) is 4.96. The van der Waals surface area contributed by atoms with Crippen LogP contribution < -0.4 is 34.0 Å². The first-order chi connectivity index (χ1) is 30.7. The Morgan fingerprint density at radius 3 is 0.984 bits per heavy atom. The van der Waals surface area contributed by atoms with Crippen LogP contribution in [0.3, 0.4) is 0 Å². The zero-order valence-corrected chi connectivity index (χ0v) is 45.2. The molecule has 12 N–H and O–H groups in total. The van der Waals surface area contributed by atoms with Gasteiger partial charge in [0.1, 0.15) is 6.03 Å². The molecule has 354 valence electrons. The highest BCUT2D eigenvalue weighted by Gasteiger charge is 2.09. The number of nitrogens with zero attached hydrogens (tertiary/aromatic N) is 2. The van der Waals surface area contributed by atoms with Crippen LogP contribution in [-0.2, 0) is 17.6 Å². The van der Waals surface area contributed by atoms with Gasteiger partial charge in [0.15, 0.2) is 0 Å². The van der Waals surface area contributed by atoms with Crippen molar-refractivity contribution in [2.24, 2.45) is 9.98 Å². The van der Waals surface area contributed by atoms with Crippen molar-refractivity contribution < 1.29 is 19.5 Å². The van der Waals surface area contributed by atoms with Crippen LogP contribution in [0.25, 0.3) is 0 Å². The van der Waals surface area contributed by atoms with E-state index < -0.39 is 5.71 Å². The van der Waals surface area contributed by atoms with E-state index in [1.807, 2.05) is 148 Å². The summed E-state index contributed by atoms with van der Waals surface area (Å²) in [5.74, 6) is 0. The number of nitrogen functional groups attached to an aromatic ring is 5. The average Bonchev–Trinajstić information content (AvgIpc) is 3.89. The molecule has 2 aliphatic rings. The lowest BCUT2D eigenvalue weighted by Crippen LogP contribution is -2.02. The molecule has 5 aromatic carbocycles. The summed E-state index contributed by atoms with van der Waals surface area (Å²) >= 11 is 0. The predicted molar refractivity (Wildman–Crippen MR) is 305 cm³/mol. The molecule has 2 aliphatic heterocycles. The van der Waals surface area contributed by atoms with Gasteiger partial charge in [0.2, 0.25) is 5.65 Å². The topological polar surface area (TPSA) is 238 Å².